The zero-order chi connectivity index (χ0) is 17.4. The molecule has 4 nitrogen and oxygen atoms in total. The molecular weight excluding hydrogens is 324 g/mol. The molecule has 0 spiro atoms. The molecule has 0 heterocycles. The molecule has 2 aromatic carbocycles. The average molecular weight is 341 g/mol. The summed E-state index contributed by atoms with van der Waals surface area (Å²) in [6, 6.07) is 16.3. The molecule has 0 bridgehead atoms. The van der Waals surface area contributed by atoms with Crippen molar-refractivity contribution in [1.29, 1.82) is 5.26 Å². The number of halogens is 1. The number of nitriles is 1. The molecule has 0 aliphatic carbocycles. The predicted molar refractivity (Wildman–Crippen MR) is 94.6 cm³/mol. The number of ether oxygens (including phenoxy) is 1. The molecule has 5 heteroatoms. The van der Waals surface area contributed by atoms with E-state index in [2.05, 4.69) is 5.32 Å². The minimum absolute atomic E-state index is 0.0114. The van der Waals surface area contributed by atoms with Gasteiger partial charge >= 0.3 is 0 Å². The molecular formula is C19H17ClN2O2. The van der Waals surface area contributed by atoms with Crippen LogP contribution in [0.15, 0.2) is 54.6 Å². The summed E-state index contributed by atoms with van der Waals surface area (Å²) in [6.45, 7) is 1.89. The third-order valence-corrected chi connectivity index (χ3v) is 3.69. The van der Waals surface area contributed by atoms with E-state index in [1.165, 1.54) is 6.08 Å². The molecule has 24 heavy (non-hydrogen) atoms. The number of rotatable bonds is 6. The lowest BCUT2D eigenvalue weighted by atomic mass is 10.1. The average Bonchev–Trinajstić information content (AvgIpc) is 2.59. The molecule has 0 aliphatic heterocycles. The maximum Gasteiger partial charge on any atom is 0.244 e. The first kappa shape index (κ1) is 17.6. The van der Waals surface area contributed by atoms with E-state index in [0.29, 0.717) is 10.8 Å². The molecule has 1 amide bonds. The van der Waals surface area contributed by atoms with Crippen LogP contribution < -0.4 is 10.1 Å². The van der Waals surface area contributed by atoms with Crippen LogP contribution in [0.4, 0.5) is 0 Å². The standard InChI is InChI=1S/C19H17ClN2O2/c1-14(17-4-2-3-5-18(17)20)22-19(23)11-8-15-6-9-16(10-7-15)24-13-12-21/h2-11,14H,13H2,1H3,(H,22,23)/b11-8+. The van der Waals surface area contributed by atoms with Crippen molar-refractivity contribution in [2.24, 2.45) is 0 Å². The highest BCUT2D eigenvalue weighted by Crippen LogP contribution is 2.22. The van der Waals surface area contributed by atoms with Gasteiger partial charge in [0.1, 0.15) is 11.8 Å². The number of amides is 1. The zero-order valence-electron chi connectivity index (χ0n) is 13.2. The third-order valence-electron chi connectivity index (χ3n) is 3.34. The van der Waals surface area contributed by atoms with Crippen molar-refractivity contribution in [3.8, 4) is 11.8 Å². The second-order valence-corrected chi connectivity index (χ2v) is 5.51. The summed E-state index contributed by atoms with van der Waals surface area (Å²) in [7, 11) is 0. The van der Waals surface area contributed by atoms with Gasteiger partial charge in [0.15, 0.2) is 6.61 Å². The van der Waals surface area contributed by atoms with Gasteiger partial charge in [0.25, 0.3) is 0 Å². The van der Waals surface area contributed by atoms with E-state index in [4.69, 9.17) is 21.6 Å². The summed E-state index contributed by atoms with van der Waals surface area (Å²) in [5, 5.41) is 12.0. The van der Waals surface area contributed by atoms with Crippen molar-refractivity contribution in [3.05, 3.63) is 70.8 Å². The van der Waals surface area contributed by atoms with Crippen LogP contribution in [0, 0.1) is 11.3 Å². The summed E-state index contributed by atoms with van der Waals surface area (Å²) < 4.78 is 5.17. The van der Waals surface area contributed by atoms with Crippen LogP contribution in [-0.4, -0.2) is 12.5 Å². The SMILES string of the molecule is CC(NC(=O)/C=C/c1ccc(OCC#N)cc1)c1ccccc1Cl. The maximum absolute atomic E-state index is 12.0. The minimum atomic E-state index is -0.202. The van der Waals surface area contributed by atoms with E-state index in [1.54, 1.807) is 24.3 Å². The number of nitrogens with one attached hydrogen (secondary N) is 1. The molecule has 0 aromatic heterocycles. The Balaban J connectivity index is 1.93. The van der Waals surface area contributed by atoms with Crippen LogP contribution in [0.5, 0.6) is 5.75 Å². The van der Waals surface area contributed by atoms with Gasteiger partial charge < -0.3 is 10.1 Å². The molecule has 0 fully saturated rings. The first-order valence-corrected chi connectivity index (χ1v) is 7.81. The second-order valence-electron chi connectivity index (χ2n) is 5.10. The Morgan fingerprint density at radius 3 is 2.67 bits per heavy atom. The quantitative estimate of drug-likeness (QED) is 0.804. The fraction of sp³-hybridized carbons (Fsp3) is 0.158. The first-order chi connectivity index (χ1) is 11.6. The zero-order valence-corrected chi connectivity index (χ0v) is 14.0. The smallest absolute Gasteiger partial charge is 0.244 e. The molecule has 0 saturated carbocycles. The van der Waals surface area contributed by atoms with Crippen molar-refractivity contribution in [2.75, 3.05) is 6.61 Å². The van der Waals surface area contributed by atoms with Gasteiger partial charge in [-0.2, -0.15) is 5.26 Å². The Morgan fingerprint density at radius 2 is 2.00 bits per heavy atom. The Morgan fingerprint density at radius 1 is 1.29 bits per heavy atom. The van der Waals surface area contributed by atoms with Crippen molar-refractivity contribution < 1.29 is 9.53 Å². The van der Waals surface area contributed by atoms with Crippen molar-refractivity contribution in [1.82, 2.24) is 5.32 Å². The van der Waals surface area contributed by atoms with Crippen LogP contribution in [0.25, 0.3) is 6.08 Å². The van der Waals surface area contributed by atoms with Crippen LogP contribution in [-0.2, 0) is 4.79 Å². The third kappa shape index (κ3) is 5.15. The molecule has 2 aromatic rings. The van der Waals surface area contributed by atoms with E-state index in [0.717, 1.165) is 11.1 Å². The van der Waals surface area contributed by atoms with Gasteiger partial charge in [-0.25, -0.2) is 0 Å². The molecule has 1 atom stereocenters. The lowest BCUT2D eigenvalue weighted by molar-refractivity contribution is -0.117. The molecule has 122 valence electrons. The number of hydrogen-bond acceptors (Lipinski definition) is 3. The Hall–Kier alpha value is -2.77. The van der Waals surface area contributed by atoms with Crippen molar-refractivity contribution in [2.45, 2.75) is 13.0 Å². The van der Waals surface area contributed by atoms with E-state index >= 15 is 0 Å². The first-order valence-electron chi connectivity index (χ1n) is 7.43. The van der Waals surface area contributed by atoms with Gasteiger partial charge in [-0.3, -0.25) is 4.79 Å². The summed E-state index contributed by atoms with van der Waals surface area (Å²) in [6.07, 6.45) is 3.18. The number of carbonyl (C=O) groups is 1. The van der Waals surface area contributed by atoms with Gasteiger partial charge in [-0.05, 0) is 42.3 Å². The van der Waals surface area contributed by atoms with Crippen LogP contribution in [0.3, 0.4) is 0 Å². The highest BCUT2D eigenvalue weighted by Gasteiger charge is 2.10. The maximum atomic E-state index is 12.0. The molecule has 2 rings (SSSR count). The summed E-state index contributed by atoms with van der Waals surface area (Å²) in [5.41, 5.74) is 1.74. The number of carbonyl (C=O) groups excluding carboxylic acids is 1. The van der Waals surface area contributed by atoms with Gasteiger partial charge in [0.05, 0.1) is 6.04 Å². The van der Waals surface area contributed by atoms with Gasteiger partial charge in [0.2, 0.25) is 5.91 Å². The molecule has 0 aliphatic rings. The molecule has 1 unspecified atom stereocenters. The highest BCUT2D eigenvalue weighted by atomic mass is 35.5. The summed E-state index contributed by atoms with van der Waals surface area (Å²) in [5.74, 6) is 0.415. The number of benzene rings is 2. The Labute approximate surface area is 146 Å². The number of nitrogens with zero attached hydrogens (tertiary/aromatic N) is 1. The van der Waals surface area contributed by atoms with Crippen LogP contribution in [0.1, 0.15) is 24.1 Å². The fourth-order valence-corrected chi connectivity index (χ4v) is 2.43. The predicted octanol–water partition coefficient (Wildman–Crippen LogP) is 4.13. The van der Waals surface area contributed by atoms with E-state index in [9.17, 15) is 4.79 Å². The lowest BCUT2D eigenvalue weighted by Gasteiger charge is -2.14. The largest absolute Gasteiger partial charge is 0.479 e. The molecule has 0 radical (unpaired) electrons. The number of hydrogen-bond donors (Lipinski definition) is 1. The highest BCUT2D eigenvalue weighted by molar-refractivity contribution is 6.31. The normalized spacial score (nSPS) is 11.7. The van der Waals surface area contributed by atoms with E-state index < -0.39 is 0 Å². The second kappa shape index (κ2) is 8.76. The lowest BCUT2D eigenvalue weighted by Crippen LogP contribution is -2.24. The minimum Gasteiger partial charge on any atom is -0.479 e. The summed E-state index contributed by atoms with van der Waals surface area (Å²) in [4.78, 5) is 12.0. The van der Waals surface area contributed by atoms with E-state index in [-0.39, 0.29) is 18.6 Å². The van der Waals surface area contributed by atoms with Crippen LogP contribution >= 0.6 is 11.6 Å². The fourth-order valence-electron chi connectivity index (χ4n) is 2.13. The van der Waals surface area contributed by atoms with Gasteiger partial charge in [-0.1, -0.05) is 41.9 Å². The van der Waals surface area contributed by atoms with Gasteiger partial charge in [0, 0.05) is 11.1 Å². The van der Waals surface area contributed by atoms with Crippen molar-refractivity contribution in [3.63, 3.8) is 0 Å². The molecule has 1 N–H and O–H groups in total. The topological polar surface area (TPSA) is 62.1 Å². The Kier molecular flexibility index (Phi) is 6.41. The van der Waals surface area contributed by atoms with E-state index in [1.807, 2.05) is 43.3 Å². The monoisotopic (exact) mass is 340 g/mol. The molecule has 0 saturated heterocycles. The van der Waals surface area contributed by atoms with Crippen LogP contribution in [0.2, 0.25) is 5.02 Å². The van der Waals surface area contributed by atoms with Crippen molar-refractivity contribution >= 4 is 23.6 Å². The Bertz CT molecular complexity index is 764. The summed E-state index contributed by atoms with van der Waals surface area (Å²) >= 11 is 6.13. The van der Waals surface area contributed by atoms with Gasteiger partial charge in [-0.15, -0.1) is 0 Å².